The van der Waals surface area contributed by atoms with Gasteiger partial charge >= 0.3 is 0 Å². The van der Waals surface area contributed by atoms with Crippen molar-refractivity contribution in [2.24, 2.45) is 0 Å². The van der Waals surface area contributed by atoms with Gasteiger partial charge in [-0.3, -0.25) is 4.98 Å². The predicted octanol–water partition coefficient (Wildman–Crippen LogP) is 2.48. The fourth-order valence-corrected chi connectivity index (χ4v) is 3.73. The number of hydrogen-bond acceptors (Lipinski definition) is 6. The van der Waals surface area contributed by atoms with Crippen molar-refractivity contribution < 1.29 is 0 Å². The molecular formula is C18H21N7. The summed E-state index contributed by atoms with van der Waals surface area (Å²) in [5.41, 5.74) is 3.03. The normalized spacial score (nSPS) is 18.8. The highest BCUT2D eigenvalue weighted by molar-refractivity contribution is 5.43. The lowest BCUT2D eigenvalue weighted by atomic mass is 9.96. The van der Waals surface area contributed by atoms with E-state index in [-0.39, 0.29) is 0 Å². The number of anilines is 1. The summed E-state index contributed by atoms with van der Waals surface area (Å²) in [6, 6.07) is 4.15. The summed E-state index contributed by atoms with van der Waals surface area (Å²) in [5, 5.41) is 13.6. The third-order valence-electron chi connectivity index (χ3n) is 5.32. The number of hydrogen-bond donors (Lipinski definition) is 0. The average Bonchev–Trinajstić information content (AvgIpc) is 3.42. The molecule has 3 aromatic heterocycles. The van der Waals surface area contributed by atoms with Crippen LogP contribution in [0.15, 0.2) is 24.5 Å². The first-order valence-corrected chi connectivity index (χ1v) is 9.04. The summed E-state index contributed by atoms with van der Waals surface area (Å²) in [4.78, 5) is 11.2. The quantitative estimate of drug-likeness (QED) is 0.732. The Morgan fingerprint density at radius 2 is 1.72 bits per heavy atom. The number of aryl methyl sites for hydroxylation is 1. The first kappa shape index (κ1) is 14.7. The molecule has 2 fully saturated rings. The SMILES string of the molecule is Cc1nccnc1N1CCC(c2nnc3ccc(C4CC4)nn23)CC1. The zero-order valence-electron chi connectivity index (χ0n) is 14.3. The summed E-state index contributed by atoms with van der Waals surface area (Å²) in [6.07, 6.45) is 8.09. The van der Waals surface area contributed by atoms with Crippen LogP contribution in [0.5, 0.6) is 0 Å². The lowest BCUT2D eigenvalue weighted by Gasteiger charge is -2.32. The Labute approximate surface area is 146 Å². The summed E-state index contributed by atoms with van der Waals surface area (Å²) in [7, 11) is 0. The first-order valence-electron chi connectivity index (χ1n) is 9.04. The van der Waals surface area contributed by atoms with Gasteiger partial charge in [-0.1, -0.05) is 0 Å². The minimum atomic E-state index is 0.394. The van der Waals surface area contributed by atoms with Crippen LogP contribution in [0.1, 0.15) is 54.7 Å². The van der Waals surface area contributed by atoms with E-state index in [1.807, 2.05) is 11.4 Å². The topological polar surface area (TPSA) is 72.1 Å². The van der Waals surface area contributed by atoms with Crippen LogP contribution >= 0.6 is 0 Å². The molecule has 2 aliphatic rings. The molecule has 3 aromatic rings. The van der Waals surface area contributed by atoms with E-state index in [2.05, 4.69) is 37.2 Å². The van der Waals surface area contributed by atoms with Gasteiger partial charge in [0.1, 0.15) is 5.82 Å². The largest absolute Gasteiger partial charge is 0.355 e. The molecule has 25 heavy (non-hydrogen) atoms. The van der Waals surface area contributed by atoms with Crippen LogP contribution < -0.4 is 4.90 Å². The van der Waals surface area contributed by atoms with Crippen molar-refractivity contribution in [2.45, 2.75) is 44.4 Å². The third kappa shape index (κ3) is 2.63. The predicted molar refractivity (Wildman–Crippen MR) is 93.7 cm³/mol. The number of nitrogens with zero attached hydrogens (tertiary/aromatic N) is 7. The van der Waals surface area contributed by atoms with E-state index in [0.29, 0.717) is 11.8 Å². The van der Waals surface area contributed by atoms with Crippen molar-refractivity contribution in [1.82, 2.24) is 29.8 Å². The highest BCUT2D eigenvalue weighted by Gasteiger charge is 2.28. The molecule has 4 heterocycles. The molecule has 0 amide bonds. The van der Waals surface area contributed by atoms with Crippen molar-refractivity contribution in [2.75, 3.05) is 18.0 Å². The molecule has 5 rings (SSSR count). The van der Waals surface area contributed by atoms with Crippen molar-refractivity contribution in [3.63, 3.8) is 0 Å². The van der Waals surface area contributed by atoms with Crippen LogP contribution in [0.3, 0.4) is 0 Å². The standard InChI is InChI=1S/C18H21N7/c1-12-17(20-9-8-19-12)24-10-6-14(7-11-24)18-22-21-16-5-4-15(13-2-3-13)23-25(16)18/h4-5,8-9,13-14H,2-3,6-7,10-11H2,1H3. The molecule has 1 aliphatic carbocycles. The molecule has 0 aromatic carbocycles. The highest BCUT2D eigenvalue weighted by Crippen LogP contribution is 2.39. The molecule has 0 spiro atoms. The van der Waals surface area contributed by atoms with Gasteiger partial charge in [0.15, 0.2) is 11.5 Å². The van der Waals surface area contributed by atoms with Crippen LogP contribution in [0.2, 0.25) is 0 Å². The van der Waals surface area contributed by atoms with Gasteiger partial charge in [-0.15, -0.1) is 10.2 Å². The second kappa shape index (κ2) is 5.75. The number of piperidine rings is 1. The highest BCUT2D eigenvalue weighted by atomic mass is 15.4. The van der Waals surface area contributed by atoms with Crippen LogP contribution in [-0.2, 0) is 0 Å². The van der Waals surface area contributed by atoms with Crippen LogP contribution in [0.4, 0.5) is 5.82 Å². The van der Waals surface area contributed by atoms with E-state index in [9.17, 15) is 0 Å². The summed E-state index contributed by atoms with van der Waals surface area (Å²) in [5.74, 6) is 3.04. The van der Waals surface area contributed by atoms with E-state index in [0.717, 1.165) is 48.9 Å². The Morgan fingerprint density at radius 1 is 0.920 bits per heavy atom. The van der Waals surface area contributed by atoms with E-state index >= 15 is 0 Å². The maximum atomic E-state index is 4.82. The van der Waals surface area contributed by atoms with Gasteiger partial charge in [0, 0.05) is 37.3 Å². The molecule has 1 saturated carbocycles. The zero-order valence-corrected chi connectivity index (χ0v) is 14.3. The smallest absolute Gasteiger partial charge is 0.177 e. The van der Waals surface area contributed by atoms with Crippen molar-refractivity contribution in [3.05, 3.63) is 41.7 Å². The van der Waals surface area contributed by atoms with E-state index in [1.165, 1.54) is 18.5 Å². The van der Waals surface area contributed by atoms with Gasteiger partial charge in [-0.25, -0.2) is 4.98 Å². The van der Waals surface area contributed by atoms with Gasteiger partial charge in [0.05, 0.1) is 11.4 Å². The molecule has 0 radical (unpaired) electrons. The van der Waals surface area contributed by atoms with Gasteiger partial charge in [0.25, 0.3) is 0 Å². The van der Waals surface area contributed by atoms with Crippen LogP contribution in [-0.4, -0.2) is 42.9 Å². The molecule has 7 nitrogen and oxygen atoms in total. The monoisotopic (exact) mass is 335 g/mol. The minimum absolute atomic E-state index is 0.394. The lowest BCUT2D eigenvalue weighted by molar-refractivity contribution is 0.473. The van der Waals surface area contributed by atoms with Crippen LogP contribution in [0.25, 0.3) is 5.65 Å². The summed E-state index contributed by atoms with van der Waals surface area (Å²) < 4.78 is 1.97. The van der Waals surface area contributed by atoms with Crippen molar-refractivity contribution >= 4 is 11.5 Å². The van der Waals surface area contributed by atoms with E-state index in [4.69, 9.17) is 5.10 Å². The molecule has 0 unspecified atom stereocenters. The molecular weight excluding hydrogens is 314 g/mol. The average molecular weight is 335 g/mol. The Hall–Kier alpha value is -2.57. The maximum absolute atomic E-state index is 4.82. The van der Waals surface area contributed by atoms with Crippen molar-refractivity contribution in [3.8, 4) is 0 Å². The summed E-state index contributed by atoms with van der Waals surface area (Å²) in [6.45, 7) is 3.94. The number of rotatable bonds is 3. The summed E-state index contributed by atoms with van der Waals surface area (Å²) >= 11 is 0. The fourth-order valence-electron chi connectivity index (χ4n) is 3.73. The molecule has 0 N–H and O–H groups in total. The van der Waals surface area contributed by atoms with Gasteiger partial charge in [0.2, 0.25) is 0 Å². The van der Waals surface area contributed by atoms with E-state index < -0.39 is 0 Å². The minimum Gasteiger partial charge on any atom is -0.355 e. The lowest BCUT2D eigenvalue weighted by Crippen LogP contribution is -2.34. The van der Waals surface area contributed by atoms with Gasteiger partial charge < -0.3 is 4.90 Å². The number of aromatic nitrogens is 6. The van der Waals surface area contributed by atoms with Crippen molar-refractivity contribution in [1.29, 1.82) is 0 Å². The molecule has 0 atom stereocenters. The maximum Gasteiger partial charge on any atom is 0.177 e. The first-order chi connectivity index (χ1) is 12.3. The van der Waals surface area contributed by atoms with Gasteiger partial charge in [-0.05, 0) is 44.7 Å². The molecule has 1 aliphatic heterocycles. The Bertz CT molecular complexity index is 907. The Balaban J connectivity index is 1.38. The van der Waals surface area contributed by atoms with Gasteiger partial charge in [-0.2, -0.15) is 9.61 Å². The van der Waals surface area contributed by atoms with E-state index in [1.54, 1.807) is 12.4 Å². The molecule has 1 saturated heterocycles. The second-order valence-electron chi connectivity index (χ2n) is 7.09. The fraction of sp³-hybridized carbons (Fsp3) is 0.500. The number of fused-ring (bicyclic) bond motifs is 1. The van der Waals surface area contributed by atoms with Crippen LogP contribution in [0, 0.1) is 6.92 Å². The Kier molecular flexibility index (Phi) is 3.39. The molecule has 128 valence electrons. The second-order valence-corrected chi connectivity index (χ2v) is 7.09. The molecule has 7 heteroatoms. The molecule has 0 bridgehead atoms. The third-order valence-corrected chi connectivity index (χ3v) is 5.32. The Morgan fingerprint density at radius 3 is 2.48 bits per heavy atom. The zero-order chi connectivity index (χ0) is 16.8.